The van der Waals surface area contributed by atoms with E-state index in [0.717, 1.165) is 25.8 Å². The highest BCUT2D eigenvalue weighted by Crippen LogP contribution is 2.47. The molecule has 0 bridgehead atoms. The van der Waals surface area contributed by atoms with Crippen molar-refractivity contribution >= 4 is 5.97 Å². The van der Waals surface area contributed by atoms with Gasteiger partial charge in [0.2, 0.25) is 0 Å². The van der Waals surface area contributed by atoms with Crippen molar-refractivity contribution in [3.8, 4) is 0 Å². The van der Waals surface area contributed by atoms with E-state index in [9.17, 15) is 4.79 Å². The van der Waals surface area contributed by atoms with Crippen LogP contribution in [-0.2, 0) is 16.1 Å². The molecule has 1 aliphatic heterocycles. The Balaban J connectivity index is 2.37. The zero-order valence-corrected chi connectivity index (χ0v) is 17.3. The Morgan fingerprint density at radius 1 is 1.23 bits per heavy atom. The summed E-state index contributed by atoms with van der Waals surface area (Å²) in [7, 11) is 0. The largest absolute Gasteiger partial charge is 0.459 e. The van der Waals surface area contributed by atoms with Gasteiger partial charge in [-0.15, -0.1) is 0 Å². The molecule has 1 aromatic carbocycles. The monoisotopic (exact) mass is 357 g/mol. The van der Waals surface area contributed by atoms with Gasteiger partial charge in [0.05, 0.1) is 0 Å². The number of esters is 1. The first-order chi connectivity index (χ1) is 12.3. The van der Waals surface area contributed by atoms with Crippen LogP contribution in [0.25, 0.3) is 0 Å². The van der Waals surface area contributed by atoms with Crippen LogP contribution in [0.5, 0.6) is 0 Å². The summed E-state index contributed by atoms with van der Waals surface area (Å²) in [5.41, 5.74) is 1.30. The topological polar surface area (TPSA) is 29.5 Å². The molecule has 4 atom stereocenters. The fraction of sp³-hybridized carbons (Fsp3) is 0.609. The van der Waals surface area contributed by atoms with Crippen LogP contribution < -0.4 is 0 Å². The van der Waals surface area contributed by atoms with Crippen LogP contribution in [-0.4, -0.2) is 28.1 Å². The van der Waals surface area contributed by atoms with Crippen LogP contribution in [0.15, 0.2) is 42.5 Å². The molecule has 1 saturated heterocycles. The first-order valence-corrected chi connectivity index (χ1v) is 9.95. The third-order valence-corrected chi connectivity index (χ3v) is 6.68. The molecule has 0 spiro atoms. The molecular weight excluding hydrogens is 322 g/mol. The lowest BCUT2D eigenvalue weighted by atomic mass is 9.67. The summed E-state index contributed by atoms with van der Waals surface area (Å²) in [5, 5.41) is 0. The molecule has 0 aromatic heterocycles. The third kappa shape index (κ3) is 4.03. The average Bonchev–Trinajstić information content (AvgIpc) is 2.64. The quantitative estimate of drug-likeness (QED) is 0.507. The summed E-state index contributed by atoms with van der Waals surface area (Å²) in [6, 6.07) is 10.7. The summed E-state index contributed by atoms with van der Waals surface area (Å²) in [4.78, 5) is 14.8. The van der Waals surface area contributed by atoms with Crippen molar-refractivity contribution in [2.75, 3.05) is 0 Å². The summed E-state index contributed by atoms with van der Waals surface area (Å²) in [6.45, 7) is 14.2. The lowest BCUT2D eigenvalue weighted by molar-refractivity contribution is -0.174. The van der Waals surface area contributed by atoms with Crippen molar-refractivity contribution in [2.45, 2.75) is 84.5 Å². The van der Waals surface area contributed by atoms with Gasteiger partial charge < -0.3 is 4.74 Å². The number of piperidine rings is 1. The van der Waals surface area contributed by atoms with E-state index in [1.165, 1.54) is 11.6 Å². The highest BCUT2D eigenvalue weighted by molar-refractivity contribution is 5.82. The van der Waals surface area contributed by atoms with Crippen molar-refractivity contribution in [2.24, 2.45) is 5.92 Å². The van der Waals surface area contributed by atoms with Crippen molar-refractivity contribution in [1.82, 2.24) is 4.90 Å². The highest BCUT2D eigenvalue weighted by Gasteiger charge is 2.53. The van der Waals surface area contributed by atoms with E-state index in [2.05, 4.69) is 69.9 Å². The Hall–Kier alpha value is -1.61. The minimum atomic E-state index is -0.224. The molecule has 1 heterocycles. The van der Waals surface area contributed by atoms with Gasteiger partial charge in [0.25, 0.3) is 0 Å². The second kappa shape index (κ2) is 8.39. The molecule has 3 nitrogen and oxygen atoms in total. The molecule has 0 saturated carbocycles. The van der Waals surface area contributed by atoms with Gasteiger partial charge in [0.15, 0.2) is 0 Å². The number of ether oxygens (including phenoxy) is 1. The lowest BCUT2D eigenvalue weighted by Crippen LogP contribution is -2.67. The number of likely N-dealkylation sites (tertiary alicyclic amines) is 1. The van der Waals surface area contributed by atoms with Gasteiger partial charge in [0, 0.05) is 36.0 Å². The van der Waals surface area contributed by atoms with Crippen molar-refractivity contribution in [1.29, 1.82) is 0 Å². The van der Waals surface area contributed by atoms with Crippen LogP contribution in [0, 0.1) is 5.92 Å². The van der Waals surface area contributed by atoms with Crippen molar-refractivity contribution in [3.63, 3.8) is 0 Å². The number of nitrogens with zero attached hydrogens (tertiary/aromatic N) is 1. The van der Waals surface area contributed by atoms with Crippen LogP contribution >= 0.6 is 0 Å². The second-order valence-electron chi connectivity index (χ2n) is 8.10. The van der Waals surface area contributed by atoms with Crippen LogP contribution in [0.1, 0.15) is 66.4 Å². The maximum Gasteiger partial charge on any atom is 0.330 e. The molecular formula is C23H35NO2. The average molecular weight is 358 g/mol. The van der Waals surface area contributed by atoms with Gasteiger partial charge in [-0.1, -0.05) is 57.2 Å². The Bertz CT molecular complexity index is 626. The molecule has 144 valence electrons. The van der Waals surface area contributed by atoms with Crippen LogP contribution in [0.4, 0.5) is 0 Å². The minimum Gasteiger partial charge on any atom is -0.459 e. The lowest BCUT2D eigenvalue weighted by Gasteiger charge is -2.60. The highest BCUT2D eigenvalue weighted by atomic mass is 16.5. The molecule has 1 aliphatic rings. The van der Waals surface area contributed by atoms with E-state index in [4.69, 9.17) is 4.74 Å². The summed E-state index contributed by atoms with van der Waals surface area (Å²) < 4.78 is 5.88. The summed E-state index contributed by atoms with van der Waals surface area (Å²) in [5.74, 6) is 0.0443. The Kier molecular flexibility index (Phi) is 6.68. The van der Waals surface area contributed by atoms with E-state index in [1.54, 1.807) is 6.08 Å². The normalized spacial score (nSPS) is 32.7. The second-order valence-corrected chi connectivity index (χ2v) is 8.10. The van der Waals surface area contributed by atoms with Crippen molar-refractivity contribution < 1.29 is 9.53 Å². The van der Waals surface area contributed by atoms with Crippen LogP contribution in [0.2, 0.25) is 0 Å². The predicted octanol–water partition coefficient (Wildman–Crippen LogP) is 5.35. The van der Waals surface area contributed by atoms with E-state index in [1.807, 2.05) is 6.92 Å². The van der Waals surface area contributed by atoms with E-state index in [0.29, 0.717) is 0 Å². The third-order valence-electron chi connectivity index (χ3n) is 6.68. The maximum atomic E-state index is 12.1. The minimum absolute atomic E-state index is 0.00597. The first kappa shape index (κ1) is 20.7. The maximum absolute atomic E-state index is 12.1. The summed E-state index contributed by atoms with van der Waals surface area (Å²) in [6.07, 6.45) is 6.14. The fourth-order valence-electron chi connectivity index (χ4n) is 4.44. The van der Waals surface area contributed by atoms with E-state index in [-0.39, 0.29) is 29.1 Å². The number of allylic oxidation sites excluding steroid dienone is 1. The molecule has 4 unspecified atom stereocenters. The predicted molar refractivity (Wildman–Crippen MR) is 108 cm³/mol. The zero-order chi connectivity index (χ0) is 19.4. The SMILES string of the molecule is CC=CC(=O)OC1CC(C)(CC)N(Cc2ccccc2)C(C)(CC)C1C. The molecule has 0 N–H and O–H groups in total. The van der Waals surface area contributed by atoms with Gasteiger partial charge in [-0.25, -0.2) is 4.79 Å². The van der Waals surface area contributed by atoms with E-state index < -0.39 is 0 Å². The van der Waals surface area contributed by atoms with Gasteiger partial charge in [-0.2, -0.15) is 0 Å². The van der Waals surface area contributed by atoms with Gasteiger partial charge >= 0.3 is 5.97 Å². The van der Waals surface area contributed by atoms with Gasteiger partial charge in [-0.05, 0) is 39.2 Å². The molecule has 26 heavy (non-hydrogen) atoms. The van der Waals surface area contributed by atoms with Gasteiger partial charge in [0.1, 0.15) is 6.10 Å². The number of hydrogen-bond acceptors (Lipinski definition) is 3. The molecule has 0 radical (unpaired) electrons. The molecule has 0 amide bonds. The standard InChI is InChI=1S/C23H35NO2/c1-7-13-21(25)26-20-16-22(5,8-2)24(23(6,9-3)18(20)4)17-19-14-11-10-12-15-19/h7,10-15,18,20H,8-9,16-17H2,1-6H3. The van der Waals surface area contributed by atoms with Crippen molar-refractivity contribution in [3.05, 3.63) is 48.0 Å². The number of benzene rings is 1. The smallest absolute Gasteiger partial charge is 0.330 e. The zero-order valence-electron chi connectivity index (χ0n) is 17.3. The molecule has 1 fully saturated rings. The van der Waals surface area contributed by atoms with Gasteiger partial charge in [-0.3, -0.25) is 4.90 Å². The van der Waals surface area contributed by atoms with Crippen LogP contribution in [0.3, 0.4) is 0 Å². The number of rotatable bonds is 6. The Labute approximate surface area is 159 Å². The summed E-state index contributed by atoms with van der Waals surface area (Å²) >= 11 is 0. The molecule has 2 rings (SSSR count). The number of hydrogen-bond donors (Lipinski definition) is 0. The Morgan fingerprint density at radius 3 is 2.42 bits per heavy atom. The number of carbonyl (C=O) groups excluding carboxylic acids is 1. The van der Waals surface area contributed by atoms with E-state index >= 15 is 0 Å². The fourth-order valence-corrected chi connectivity index (χ4v) is 4.44. The first-order valence-electron chi connectivity index (χ1n) is 9.95. The Morgan fingerprint density at radius 2 is 1.88 bits per heavy atom. The molecule has 1 aromatic rings. The number of carbonyl (C=O) groups is 1. The molecule has 0 aliphatic carbocycles. The molecule has 3 heteroatoms.